The van der Waals surface area contributed by atoms with E-state index in [9.17, 15) is 0 Å². The van der Waals surface area contributed by atoms with E-state index in [0.29, 0.717) is 0 Å². The highest BCUT2D eigenvalue weighted by atomic mass is 16.3. The van der Waals surface area contributed by atoms with Crippen LogP contribution in [0, 0.1) is 0 Å². The Bertz CT molecular complexity index is 1810. The lowest BCUT2D eigenvalue weighted by molar-refractivity contribution is 0.670. The lowest BCUT2D eigenvalue weighted by Crippen LogP contribution is -2.09. The number of anilines is 3. The smallest absolute Gasteiger partial charge is 0.143 e. The van der Waals surface area contributed by atoms with Crippen molar-refractivity contribution in [2.75, 3.05) is 4.90 Å². The lowest BCUT2D eigenvalue weighted by atomic mass is 9.97. The molecule has 0 atom stereocenters. The van der Waals surface area contributed by atoms with Gasteiger partial charge in [0.25, 0.3) is 0 Å². The lowest BCUT2D eigenvalue weighted by Gasteiger charge is -2.25. The Morgan fingerprint density at radius 2 is 0.974 bits per heavy atom. The van der Waals surface area contributed by atoms with Crippen LogP contribution in [0.3, 0.4) is 0 Å². The molecule has 0 radical (unpaired) electrons. The van der Waals surface area contributed by atoms with Gasteiger partial charge in [-0.15, -0.1) is 0 Å². The van der Waals surface area contributed by atoms with Crippen molar-refractivity contribution in [1.82, 2.24) is 0 Å². The quantitative estimate of drug-likeness (QED) is 0.240. The van der Waals surface area contributed by atoms with Crippen molar-refractivity contribution in [2.45, 2.75) is 0 Å². The van der Waals surface area contributed by atoms with Crippen molar-refractivity contribution in [3.63, 3.8) is 0 Å². The Hall–Kier alpha value is -5.08. The second-order valence-corrected chi connectivity index (χ2v) is 9.41. The van der Waals surface area contributed by atoms with Crippen molar-refractivity contribution < 1.29 is 4.42 Å². The molecular formula is C36H25NO. The molecule has 0 spiro atoms. The van der Waals surface area contributed by atoms with Gasteiger partial charge in [-0.25, -0.2) is 0 Å². The molecule has 0 unspecified atom stereocenters. The number of furan rings is 1. The maximum absolute atomic E-state index is 6.30. The monoisotopic (exact) mass is 487 g/mol. The third kappa shape index (κ3) is 3.93. The molecule has 0 aliphatic rings. The van der Waals surface area contributed by atoms with E-state index in [2.05, 4.69) is 144 Å². The molecule has 6 aromatic carbocycles. The summed E-state index contributed by atoms with van der Waals surface area (Å²) < 4.78 is 6.30. The van der Waals surface area contributed by atoms with Gasteiger partial charge in [0.2, 0.25) is 0 Å². The summed E-state index contributed by atoms with van der Waals surface area (Å²) in [6, 6.07) is 53.1. The highest BCUT2D eigenvalue weighted by Gasteiger charge is 2.14. The molecule has 0 aliphatic heterocycles. The molecule has 2 heteroatoms. The van der Waals surface area contributed by atoms with Gasteiger partial charge >= 0.3 is 0 Å². The van der Waals surface area contributed by atoms with Gasteiger partial charge in [0.15, 0.2) is 0 Å². The number of fused-ring (bicyclic) bond motifs is 3. The predicted octanol–water partition coefficient (Wildman–Crippen LogP) is 10.4. The van der Waals surface area contributed by atoms with Gasteiger partial charge in [0.1, 0.15) is 11.2 Å². The Morgan fingerprint density at radius 3 is 1.71 bits per heavy atom. The van der Waals surface area contributed by atoms with Gasteiger partial charge in [-0.2, -0.15) is 0 Å². The van der Waals surface area contributed by atoms with E-state index in [1.54, 1.807) is 0 Å². The van der Waals surface area contributed by atoms with E-state index < -0.39 is 0 Å². The summed E-state index contributed by atoms with van der Waals surface area (Å²) >= 11 is 0. The van der Waals surface area contributed by atoms with Crippen LogP contribution in [0.1, 0.15) is 0 Å². The highest BCUT2D eigenvalue weighted by Crippen LogP contribution is 2.38. The molecule has 0 amide bonds. The van der Waals surface area contributed by atoms with Crippen LogP contribution in [-0.2, 0) is 0 Å². The molecule has 0 N–H and O–H groups in total. The molecule has 0 bridgehead atoms. The largest absolute Gasteiger partial charge is 0.455 e. The van der Waals surface area contributed by atoms with E-state index in [4.69, 9.17) is 4.42 Å². The van der Waals surface area contributed by atoms with Crippen molar-refractivity contribution in [3.05, 3.63) is 152 Å². The molecule has 1 aromatic heterocycles. The number of para-hydroxylation sites is 4. The normalized spacial score (nSPS) is 11.2. The number of benzene rings is 6. The molecule has 0 fully saturated rings. The molecule has 0 aliphatic carbocycles. The first kappa shape index (κ1) is 22.1. The fourth-order valence-electron chi connectivity index (χ4n) is 5.25. The van der Waals surface area contributed by atoms with Crippen molar-refractivity contribution >= 4 is 39.0 Å². The zero-order chi connectivity index (χ0) is 25.3. The average molecular weight is 488 g/mol. The molecule has 180 valence electrons. The minimum absolute atomic E-state index is 0.920. The fraction of sp³-hybridized carbons (Fsp3) is 0. The van der Waals surface area contributed by atoms with Crippen LogP contribution < -0.4 is 4.90 Å². The Kier molecular flexibility index (Phi) is 5.49. The molecule has 2 nitrogen and oxygen atoms in total. The van der Waals surface area contributed by atoms with Crippen molar-refractivity contribution in [1.29, 1.82) is 0 Å². The number of hydrogen-bond donors (Lipinski definition) is 0. The van der Waals surface area contributed by atoms with Crippen molar-refractivity contribution in [3.8, 4) is 22.3 Å². The van der Waals surface area contributed by atoms with E-state index in [0.717, 1.165) is 50.1 Å². The van der Waals surface area contributed by atoms with Gasteiger partial charge < -0.3 is 9.32 Å². The summed E-state index contributed by atoms with van der Waals surface area (Å²) in [5.74, 6) is 0. The van der Waals surface area contributed by atoms with Gasteiger partial charge in [-0.3, -0.25) is 0 Å². The molecule has 7 aromatic rings. The van der Waals surface area contributed by atoms with Crippen LogP contribution in [0.4, 0.5) is 17.1 Å². The van der Waals surface area contributed by atoms with E-state index in [1.165, 1.54) is 11.1 Å². The molecule has 0 saturated heterocycles. The molecule has 0 saturated carbocycles. The van der Waals surface area contributed by atoms with Crippen molar-refractivity contribution in [2.24, 2.45) is 0 Å². The first-order valence-corrected chi connectivity index (χ1v) is 12.9. The molecular weight excluding hydrogens is 462 g/mol. The summed E-state index contributed by atoms with van der Waals surface area (Å²) in [4.78, 5) is 2.28. The summed E-state index contributed by atoms with van der Waals surface area (Å²) in [7, 11) is 0. The first-order valence-electron chi connectivity index (χ1n) is 12.9. The van der Waals surface area contributed by atoms with Crippen LogP contribution in [0.15, 0.2) is 156 Å². The zero-order valence-corrected chi connectivity index (χ0v) is 20.8. The van der Waals surface area contributed by atoms with Gasteiger partial charge in [0, 0.05) is 33.4 Å². The maximum Gasteiger partial charge on any atom is 0.143 e. The molecule has 7 rings (SSSR count). The SMILES string of the molecule is c1ccc(N(c2ccccc2)c2ccc(-c3cccc(-c4cccc5c4oc4ccccc45)c3)cc2)cc1. The van der Waals surface area contributed by atoms with Crippen LogP contribution in [0.2, 0.25) is 0 Å². The maximum atomic E-state index is 6.30. The van der Waals surface area contributed by atoms with Crippen LogP contribution in [0.25, 0.3) is 44.2 Å². The predicted molar refractivity (Wildman–Crippen MR) is 159 cm³/mol. The second-order valence-electron chi connectivity index (χ2n) is 9.41. The number of nitrogens with zero attached hydrogens (tertiary/aromatic N) is 1. The van der Waals surface area contributed by atoms with Gasteiger partial charge in [-0.1, -0.05) is 103 Å². The summed E-state index contributed by atoms with van der Waals surface area (Å²) in [5, 5.41) is 2.30. The Balaban J connectivity index is 1.27. The van der Waals surface area contributed by atoms with E-state index >= 15 is 0 Å². The van der Waals surface area contributed by atoms with Crippen LogP contribution >= 0.6 is 0 Å². The standard InChI is InChI=1S/C36H25NO/c1-3-13-29(14-4-1)37(30-15-5-2-6-16-30)31-23-21-26(22-24-31)27-11-9-12-28(25-27)32-18-10-19-34-33-17-7-8-20-35(33)38-36(32)34/h1-25H. The summed E-state index contributed by atoms with van der Waals surface area (Å²) in [6.45, 7) is 0. The highest BCUT2D eigenvalue weighted by molar-refractivity contribution is 6.09. The average Bonchev–Trinajstić information content (AvgIpc) is 3.38. The van der Waals surface area contributed by atoms with Crippen LogP contribution in [0.5, 0.6) is 0 Å². The van der Waals surface area contributed by atoms with E-state index in [-0.39, 0.29) is 0 Å². The Morgan fingerprint density at radius 1 is 0.395 bits per heavy atom. The number of rotatable bonds is 5. The third-order valence-electron chi connectivity index (χ3n) is 7.07. The molecule has 1 heterocycles. The number of hydrogen-bond acceptors (Lipinski definition) is 2. The van der Waals surface area contributed by atoms with E-state index in [1.807, 2.05) is 12.1 Å². The second kappa shape index (κ2) is 9.42. The van der Waals surface area contributed by atoms with Crippen LogP contribution in [-0.4, -0.2) is 0 Å². The zero-order valence-electron chi connectivity index (χ0n) is 20.8. The minimum Gasteiger partial charge on any atom is -0.455 e. The fourth-order valence-corrected chi connectivity index (χ4v) is 5.25. The topological polar surface area (TPSA) is 16.4 Å². The minimum atomic E-state index is 0.920. The van der Waals surface area contributed by atoms with Gasteiger partial charge in [-0.05, 0) is 65.2 Å². The molecule has 38 heavy (non-hydrogen) atoms. The first-order chi connectivity index (χ1) is 18.8. The Labute approximate surface area is 222 Å². The summed E-state index contributed by atoms with van der Waals surface area (Å²) in [5.41, 5.74) is 9.84. The third-order valence-corrected chi connectivity index (χ3v) is 7.07. The van der Waals surface area contributed by atoms with Gasteiger partial charge in [0.05, 0.1) is 0 Å². The summed E-state index contributed by atoms with van der Waals surface area (Å²) in [6.07, 6.45) is 0.